The van der Waals surface area contributed by atoms with E-state index >= 15 is 0 Å². The minimum Gasteiger partial charge on any atom is -0.378 e. The van der Waals surface area contributed by atoms with Crippen molar-refractivity contribution in [3.8, 4) is 11.3 Å². The predicted octanol–water partition coefficient (Wildman–Crippen LogP) is 4.45. The normalized spacial score (nSPS) is 18.7. The van der Waals surface area contributed by atoms with Crippen LogP contribution >= 0.6 is 11.3 Å². The van der Waals surface area contributed by atoms with E-state index in [1.54, 1.807) is 11.3 Å². The summed E-state index contributed by atoms with van der Waals surface area (Å²) in [6.07, 6.45) is 3.14. The van der Waals surface area contributed by atoms with Crippen LogP contribution in [0.25, 0.3) is 11.3 Å². The number of benzene rings is 1. The number of fused-ring (bicyclic) bond motifs is 1. The molecule has 1 N–H and O–H groups in total. The maximum absolute atomic E-state index is 13.4. The molecule has 1 fully saturated rings. The number of ether oxygens (including phenoxy) is 1. The second-order valence-electron chi connectivity index (χ2n) is 7.80. The van der Waals surface area contributed by atoms with Gasteiger partial charge in [0.05, 0.1) is 30.5 Å². The Bertz CT molecular complexity index is 1030. The average Bonchev–Trinajstić information content (AvgIpc) is 3.35. The SMILES string of the molecule is O=C(NC1CCCc2ccccc21)c1ccc(-c2ccsc2)nc1N1CCOCC1. The molecule has 0 bridgehead atoms. The van der Waals surface area contributed by atoms with E-state index < -0.39 is 0 Å². The van der Waals surface area contributed by atoms with E-state index in [4.69, 9.17) is 9.72 Å². The first-order chi connectivity index (χ1) is 14.8. The van der Waals surface area contributed by atoms with Gasteiger partial charge in [0, 0.05) is 24.0 Å². The van der Waals surface area contributed by atoms with Crippen molar-refractivity contribution < 1.29 is 9.53 Å². The molecule has 0 radical (unpaired) electrons. The number of thiophene rings is 1. The van der Waals surface area contributed by atoms with Gasteiger partial charge >= 0.3 is 0 Å². The van der Waals surface area contributed by atoms with Crippen LogP contribution in [0.5, 0.6) is 0 Å². The number of amides is 1. The fourth-order valence-corrected chi connectivity index (χ4v) is 5.00. The summed E-state index contributed by atoms with van der Waals surface area (Å²) >= 11 is 1.65. The Morgan fingerprint density at radius 2 is 2.00 bits per heavy atom. The van der Waals surface area contributed by atoms with Crippen LogP contribution in [0, 0.1) is 0 Å². The number of hydrogen-bond acceptors (Lipinski definition) is 5. The Hall–Kier alpha value is -2.70. The molecule has 1 aromatic carbocycles. The summed E-state index contributed by atoms with van der Waals surface area (Å²) in [5, 5.41) is 7.43. The molecule has 0 saturated carbocycles. The molecule has 0 spiro atoms. The van der Waals surface area contributed by atoms with Gasteiger partial charge < -0.3 is 15.0 Å². The first-order valence-corrected chi connectivity index (χ1v) is 11.5. The van der Waals surface area contributed by atoms with Gasteiger partial charge in [0.2, 0.25) is 0 Å². The number of carbonyl (C=O) groups is 1. The number of rotatable bonds is 4. The summed E-state index contributed by atoms with van der Waals surface area (Å²) in [6.45, 7) is 2.79. The minimum absolute atomic E-state index is 0.0524. The zero-order chi connectivity index (χ0) is 20.3. The van der Waals surface area contributed by atoms with Gasteiger partial charge in [-0.3, -0.25) is 4.79 Å². The van der Waals surface area contributed by atoms with Gasteiger partial charge in [-0.15, -0.1) is 0 Å². The third-order valence-corrected chi connectivity index (χ3v) is 6.61. The van der Waals surface area contributed by atoms with Crippen molar-refractivity contribution in [3.63, 3.8) is 0 Å². The van der Waals surface area contributed by atoms with Crippen LogP contribution in [0.2, 0.25) is 0 Å². The Labute approximate surface area is 180 Å². The van der Waals surface area contributed by atoms with E-state index in [1.165, 1.54) is 11.1 Å². The lowest BCUT2D eigenvalue weighted by molar-refractivity contribution is 0.0931. The molecule has 6 heteroatoms. The van der Waals surface area contributed by atoms with Gasteiger partial charge in [0.25, 0.3) is 5.91 Å². The highest BCUT2D eigenvalue weighted by molar-refractivity contribution is 7.08. The summed E-state index contributed by atoms with van der Waals surface area (Å²) in [4.78, 5) is 20.5. The molecular formula is C24H25N3O2S. The van der Waals surface area contributed by atoms with Gasteiger partial charge in [-0.05, 0) is 54.0 Å². The van der Waals surface area contributed by atoms with Gasteiger partial charge in [-0.25, -0.2) is 4.98 Å². The maximum atomic E-state index is 13.4. The predicted molar refractivity (Wildman–Crippen MR) is 120 cm³/mol. The van der Waals surface area contributed by atoms with Crippen LogP contribution in [0.15, 0.2) is 53.2 Å². The number of nitrogens with one attached hydrogen (secondary N) is 1. The quantitative estimate of drug-likeness (QED) is 0.679. The summed E-state index contributed by atoms with van der Waals surface area (Å²) in [5.41, 5.74) is 5.21. The minimum atomic E-state index is -0.0532. The van der Waals surface area contributed by atoms with Gasteiger partial charge in [0.1, 0.15) is 5.82 Å². The summed E-state index contributed by atoms with van der Waals surface area (Å²) in [7, 11) is 0. The number of anilines is 1. The van der Waals surface area contributed by atoms with Gasteiger partial charge in [-0.1, -0.05) is 24.3 Å². The van der Waals surface area contributed by atoms with Gasteiger partial charge in [0.15, 0.2) is 0 Å². The number of carbonyl (C=O) groups excluding carboxylic acids is 1. The third-order valence-electron chi connectivity index (χ3n) is 5.92. The highest BCUT2D eigenvalue weighted by Gasteiger charge is 2.26. The molecule has 154 valence electrons. The van der Waals surface area contributed by atoms with E-state index in [9.17, 15) is 4.79 Å². The topological polar surface area (TPSA) is 54.5 Å². The zero-order valence-electron chi connectivity index (χ0n) is 16.8. The highest BCUT2D eigenvalue weighted by Crippen LogP contribution is 2.31. The van der Waals surface area contributed by atoms with Gasteiger partial charge in [-0.2, -0.15) is 11.3 Å². The van der Waals surface area contributed by atoms with Crippen molar-refractivity contribution >= 4 is 23.1 Å². The lowest BCUT2D eigenvalue weighted by Crippen LogP contribution is -2.39. The van der Waals surface area contributed by atoms with Crippen LogP contribution in [-0.4, -0.2) is 37.2 Å². The average molecular weight is 420 g/mol. The molecule has 2 aromatic heterocycles. The lowest BCUT2D eigenvalue weighted by atomic mass is 9.87. The molecule has 5 nitrogen and oxygen atoms in total. The van der Waals surface area contributed by atoms with Crippen molar-refractivity contribution in [2.75, 3.05) is 31.2 Å². The Kier molecular flexibility index (Phi) is 5.51. The van der Waals surface area contributed by atoms with E-state index in [0.717, 1.165) is 49.4 Å². The highest BCUT2D eigenvalue weighted by atomic mass is 32.1. The molecule has 2 aliphatic rings. The number of aryl methyl sites for hydroxylation is 1. The molecular weight excluding hydrogens is 394 g/mol. The first kappa shape index (κ1) is 19.3. The smallest absolute Gasteiger partial charge is 0.255 e. The summed E-state index contributed by atoms with van der Waals surface area (Å²) < 4.78 is 5.52. The zero-order valence-corrected chi connectivity index (χ0v) is 17.7. The Morgan fingerprint density at radius 1 is 1.13 bits per heavy atom. The van der Waals surface area contributed by atoms with Crippen LogP contribution in [0.3, 0.4) is 0 Å². The maximum Gasteiger partial charge on any atom is 0.255 e. The largest absolute Gasteiger partial charge is 0.378 e. The molecule has 3 aromatic rings. The van der Waals surface area contributed by atoms with Crippen LogP contribution in [0.4, 0.5) is 5.82 Å². The molecule has 3 heterocycles. The van der Waals surface area contributed by atoms with Crippen molar-refractivity contribution in [1.82, 2.24) is 10.3 Å². The van der Waals surface area contributed by atoms with Crippen LogP contribution in [0.1, 0.15) is 40.4 Å². The Morgan fingerprint density at radius 3 is 2.83 bits per heavy atom. The number of morpholine rings is 1. The second kappa shape index (κ2) is 8.58. The van der Waals surface area contributed by atoms with E-state index in [-0.39, 0.29) is 11.9 Å². The summed E-state index contributed by atoms with van der Waals surface area (Å²) in [6, 6.07) is 14.4. The second-order valence-corrected chi connectivity index (χ2v) is 8.58. The van der Waals surface area contributed by atoms with Crippen LogP contribution < -0.4 is 10.2 Å². The van der Waals surface area contributed by atoms with Crippen molar-refractivity contribution in [3.05, 3.63) is 69.9 Å². The van der Waals surface area contributed by atoms with Crippen molar-refractivity contribution in [1.29, 1.82) is 0 Å². The molecule has 1 amide bonds. The monoisotopic (exact) mass is 419 g/mol. The number of pyridine rings is 1. The number of nitrogens with zero attached hydrogens (tertiary/aromatic N) is 2. The fraction of sp³-hybridized carbons (Fsp3) is 0.333. The molecule has 1 aliphatic heterocycles. The molecule has 1 saturated heterocycles. The Balaban J connectivity index is 1.46. The molecule has 1 atom stereocenters. The molecule has 1 aliphatic carbocycles. The standard InChI is InChI=1S/C24H25N3O2S/c28-24(26-22-7-3-5-17-4-1-2-6-19(17)22)20-8-9-21(18-10-15-30-16-18)25-23(20)27-11-13-29-14-12-27/h1-2,4,6,8-10,15-16,22H,3,5,7,11-14H2,(H,26,28). The summed E-state index contributed by atoms with van der Waals surface area (Å²) in [5.74, 6) is 0.700. The molecule has 30 heavy (non-hydrogen) atoms. The lowest BCUT2D eigenvalue weighted by Gasteiger charge is -2.30. The number of aromatic nitrogens is 1. The molecule has 5 rings (SSSR count). The number of hydrogen-bond donors (Lipinski definition) is 1. The van der Waals surface area contributed by atoms with Crippen molar-refractivity contribution in [2.45, 2.75) is 25.3 Å². The van der Waals surface area contributed by atoms with Crippen molar-refractivity contribution in [2.24, 2.45) is 0 Å². The van der Waals surface area contributed by atoms with E-state index in [2.05, 4.69) is 45.9 Å². The first-order valence-electron chi connectivity index (χ1n) is 10.5. The third kappa shape index (κ3) is 3.85. The fourth-order valence-electron chi connectivity index (χ4n) is 4.35. The van der Waals surface area contributed by atoms with Crippen LogP contribution in [-0.2, 0) is 11.2 Å². The molecule has 1 unspecified atom stereocenters. The van der Waals surface area contributed by atoms with E-state index in [0.29, 0.717) is 18.8 Å². The van der Waals surface area contributed by atoms with E-state index in [1.807, 2.05) is 17.5 Å².